The molecule has 3 aromatic rings. The molecule has 0 atom stereocenters. The average Bonchev–Trinajstić information content (AvgIpc) is 2.84. The summed E-state index contributed by atoms with van der Waals surface area (Å²) in [7, 11) is -3.42. The third-order valence-corrected chi connectivity index (χ3v) is 4.70. The Balaban J connectivity index is 2.29. The molecule has 3 rings (SSSR count). The molecule has 0 saturated carbocycles. The third kappa shape index (κ3) is 3.02. The maximum absolute atomic E-state index is 13.5. The van der Waals surface area contributed by atoms with Gasteiger partial charge in [0.25, 0.3) is 0 Å². The molecular formula is C16H14F2N2O3S. The summed E-state index contributed by atoms with van der Waals surface area (Å²) in [4.78, 5) is 4.43. The van der Waals surface area contributed by atoms with E-state index in [2.05, 4.69) is 4.98 Å². The van der Waals surface area contributed by atoms with Crippen LogP contribution in [0.4, 0.5) is 8.78 Å². The summed E-state index contributed by atoms with van der Waals surface area (Å²) >= 11 is 0. The highest BCUT2D eigenvalue weighted by molar-refractivity contribution is 7.90. The molecule has 0 radical (unpaired) electrons. The van der Waals surface area contributed by atoms with Gasteiger partial charge in [-0.15, -0.1) is 0 Å². The molecule has 0 spiro atoms. The van der Waals surface area contributed by atoms with E-state index in [0.29, 0.717) is 11.2 Å². The Kier molecular flexibility index (Phi) is 4.10. The number of imidazole rings is 1. The molecule has 126 valence electrons. The molecule has 2 heterocycles. The molecular weight excluding hydrogens is 338 g/mol. The Morgan fingerprint density at radius 2 is 1.83 bits per heavy atom. The zero-order valence-corrected chi connectivity index (χ0v) is 13.5. The Morgan fingerprint density at radius 3 is 2.42 bits per heavy atom. The maximum atomic E-state index is 13.5. The van der Waals surface area contributed by atoms with E-state index in [9.17, 15) is 22.3 Å². The number of benzene rings is 1. The first-order valence-corrected chi connectivity index (χ1v) is 8.97. The Labute approximate surface area is 137 Å². The molecule has 0 aliphatic carbocycles. The maximum Gasteiger partial charge on any atom is 0.175 e. The van der Waals surface area contributed by atoms with Gasteiger partial charge in [0.05, 0.1) is 16.1 Å². The van der Waals surface area contributed by atoms with Crippen molar-refractivity contribution in [2.45, 2.75) is 11.3 Å². The van der Waals surface area contributed by atoms with Crippen LogP contribution in [-0.2, 0) is 16.3 Å². The topological polar surface area (TPSA) is 71.7 Å². The summed E-state index contributed by atoms with van der Waals surface area (Å²) in [5, 5.41) is 9.19. The van der Waals surface area contributed by atoms with Crippen molar-refractivity contribution >= 4 is 15.4 Å². The largest absolute Gasteiger partial charge is 0.396 e. The lowest BCUT2D eigenvalue weighted by Gasteiger charge is -2.04. The van der Waals surface area contributed by atoms with Crippen LogP contribution in [0.2, 0.25) is 0 Å². The van der Waals surface area contributed by atoms with Crippen LogP contribution in [0.15, 0.2) is 41.4 Å². The predicted octanol–water partition coefficient (Wildman–Crippen LogP) is 2.22. The van der Waals surface area contributed by atoms with Crippen molar-refractivity contribution in [3.63, 3.8) is 0 Å². The molecule has 24 heavy (non-hydrogen) atoms. The van der Waals surface area contributed by atoms with E-state index in [-0.39, 0.29) is 29.3 Å². The number of sulfone groups is 1. The highest BCUT2D eigenvalue weighted by atomic mass is 32.2. The number of rotatable bonds is 4. The van der Waals surface area contributed by atoms with Gasteiger partial charge >= 0.3 is 0 Å². The SMILES string of the molecule is CS(=O)(=O)c1ccn2c(-c3cc(F)cc(F)c3)nc(CCO)c2c1. The number of aliphatic hydroxyl groups excluding tert-OH is 1. The van der Waals surface area contributed by atoms with E-state index in [1.807, 2.05) is 0 Å². The normalized spacial score (nSPS) is 12.0. The van der Waals surface area contributed by atoms with Gasteiger partial charge in [0, 0.05) is 37.1 Å². The van der Waals surface area contributed by atoms with Gasteiger partial charge < -0.3 is 5.11 Å². The fourth-order valence-corrected chi connectivity index (χ4v) is 3.17. The lowest BCUT2D eigenvalue weighted by molar-refractivity contribution is 0.299. The van der Waals surface area contributed by atoms with Crippen molar-refractivity contribution in [3.05, 3.63) is 53.9 Å². The number of hydrogen-bond acceptors (Lipinski definition) is 4. The van der Waals surface area contributed by atoms with Crippen LogP contribution in [0.1, 0.15) is 5.69 Å². The minimum absolute atomic E-state index is 0.103. The fourth-order valence-electron chi connectivity index (χ4n) is 2.53. The second-order valence-electron chi connectivity index (χ2n) is 5.40. The number of halogens is 2. The van der Waals surface area contributed by atoms with Gasteiger partial charge in [-0.3, -0.25) is 4.40 Å². The standard InChI is InChI=1S/C16H14F2N2O3S/c1-24(22,23)13-2-4-20-15(9-13)14(3-5-21)19-16(20)10-6-11(17)8-12(18)7-10/h2,4,6-9,21H,3,5H2,1H3. The van der Waals surface area contributed by atoms with Crippen LogP contribution in [0, 0.1) is 11.6 Å². The first-order chi connectivity index (χ1) is 11.3. The number of hydrogen-bond donors (Lipinski definition) is 1. The Hall–Kier alpha value is -2.32. The number of nitrogens with zero attached hydrogens (tertiary/aromatic N) is 2. The molecule has 5 nitrogen and oxygen atoms in total. The number of fused-ring (bicyclic) bond motifs is 1. The van der Waals surface area contributed by atoms with E-state index in [4.69, 9.17) is 0 Å². The third-order valence-electron chi connectivity index (χ3n) is 3.59. The van der Waals surface area contributed by atoms with Crippen molar-refractivity contribution in [2.24, 2.45) is 0 Å². The molecule has 0 aliphatic rings. The zero-order chi connectivity index (χ0) is 17.5. The van der Waals surface area contributed by atoms with Gasteiger partial charge in [-0.05, 0) is 24.3 Å². The van der Waals surface area contributed by atoms with Crippen molar-refractivity contribution in [1.29, 1.82) is 0 Å². The van der Waals surface area contributed by atoms with Crippen molar-refractivity contribution < 1.29 is 22.3 Å². The quantitative estimate of drug-likeness (QED) is 0.782. The first-order valence-electron chi connectivity index (χ1n) is 7.08. The van der Waals surface area contributed by atoms with Gasteiger partial charge in [0.2, 0.25) is 0 Å². The molecule has 1 N–H and O–H groups in total. The number of pyridine rings is 1. The van der Waals surface area contributed by atoms with Crippen molar-refractivity contribution in [1.82, 2.24) is 9.38 Å². The van der Waals surface area contributed by atoms with Gasteiger partial charge in [0.15, 0.2) is 9.84 Å². The highest BCUT2D eigenvalue weighted by Crippen LogP contribution is 2.26. The Morgan fingerprint density at radius 1 is 1.17 bits per heavy atom. The second-order valence-corrected chi connectivity index (χ2v) is 7.42. The van der Waals surface area contributed by atoms with E-state index < -0.39 is 21.5 Å². The van der Waals surface area contributed by atoms with Gasteiger partial charge in [-0.1, -0.05) is 0 Å². The summed E-state index contributed by atoms with van der Waals surface area (Å²) in [5.74, 6) is -1.21. The van der Waals surface area contributed by atoms with E-state index in [1.165, 1.54) is 18.3 Å². The van der Waals surface area contributed by atoms with Crippen LogP contribution in [0.3, 0.4) is 0 Å². The molecule has 0 unspecified atom stereocenters. The molecule has 0 aliphatic heterocycles. The summed E-state index contributed by atoms with van der Waals surface area (Å²) in [5.41, 5.74) is 1.13. The van der Waals surface area contributed by atoms with E-state index in [0.717, 1.165) is 24.5 Å². The molecule has 0 amide bonds. The highest BCUT2D eigenvalue weighted by Gasteiger charge is 2.17. The van der Waals surface area contributed by atoms with Crippen LogP contribution in [0.25, 0.3) is 16.9 Å². The summed E-state index contributed by atoms with van der Waals surface area (Å²) in [6.45, 7) is -0.188. The lowest BCUT2D eigenvalue weighted by atomic mass is 10.2. The smallest absolute Gasteiger partial charge is 0.175 e. The van der Waals surface area contributed by atoms with E-state index in [1.54, 1.807) is 4.40 Å². The number of aromatic nitrogens is 2. The van der Waals surface area contributed by atoms with Crippen LogP contribution in [0.5, 0.6) is 0 Å². The van der Waals surface area contributed by atoms with Gasteiger partial charge in [-0.2, -0.15) is 0 Å². The van der Waals surface area contributed by atoms with Gasteiger partial charge in [-0.25, -0.2) is 22.2 Å². The molecule has 2 aromatic heterocycles. The molecule has 0 bridgehead atoms. The van der Waals surface area contributed by atoms with Crippen LogP contribution < -0.4 is 0 Å². The summed E-state index contributed by atoms with van der Waals surface area (Å²) in [6, 6.07) is 5.88. The molecule has 8 heteroatoms. The number of aliphatic hydroxyl groups is 1. The minimum atomic E-state index is -3.42. The molecule has 0 fully saturated rings. The van der Waals surface area contributed by atoms with Crippen molar-refractivity contribution in [3.8, 4) is 11.4 Å². The van der Waals surface area contributed by atoms with Gasteiger partial charge in [0.1, 0.15) is 17.5 Å². The van der Waals surface area contributed by atoms with E-state index >= 15 is 0 Å². The second kappa shape index (κ2) is 5.95. The average molecular weight is 352 g/mol. The molecule has 0 saturated heterocycles. The lowest BCUT2D eigenvalue weighted by Crippen LogP contribution is -1.99. The van der Waals surface area contributed by atoms with Crippen LogP contribution in [-0.4, -0.2) is 35.8 Å². The zero-order valence-electron chi connectivity index (χ0n) is 12.7. The monoisotopic (exact) mass is 352 g/mol. The fraction of sp³-hybridized carbons (Fsp3) is 0.188. The molecule has 1 aromatic carbocycles. The minimum Gasteiger partial charge on any atom is -0.396 e. The van der Waals surface area contributed by atoms with Crippen LogP contribution >= 0.6 is 0 Å². The first kappa shape index (κ1) is 16.5. The summed E-state index contributed by atoms with van der Waals surface area (Å²) < 4.78 is 52.0. The Bertz CT molecular complexity index is 1010. The van der Waals surface area contributed by atoms with Crippen molar-refractivity contribution in [2.75, 3.05) is 12.9 Å². The summed E-state index contributed by atoms with van der Waals surface area (Å²) in [6.07, 6.45) is 2.76. The predicted molar refractivity (Wildman–Crippen MR) is 84.4 cm³/mol.